The molecule has 0 saturated carbocycles. The first-order valence-electron chi connectivity index (χ1n) is 8.04. The van der Waals surface area contributed by atoms with Gasteiger partial charge in [0.1, 0.15) is 5.58 Å². The smallest absolute Gasteiger partial charge is 0.287 e. The summed E-state index contributed by atoms with van der Waals surface area (Å²) in [4.78, 5) is 25.8. The highest BCUT2D eigenvalue weighted by Gasteiger charge is 2.17. The number of fused-ring (bicyclic) bond motifs is 1. The van der Waals surface area contributed by atoms with Crippen LogP contribution >= 0.6 is 0 Å². The Morgan fingerprint density at radius 3 is 2.36 bits per heavy atom. The molecular weight excluding hydrogens is 316 g/mol. The van der Waals surface area contributed by atoms with E-state index in [1.165, 1.54) is 4.90 Å². The first kappa shape index (κ1) is 16.8. The average molecular weight is 336 g/mol. The highest BCUT2D eigenvalue weighted by atomic mass is 16.3. The molecular formula is C20H20N2O3. The summed E-state index contributed by atoms with van der Waals surface area (Å²) in [6.45, 7) is 2.24. The first-order valence-corrected chi connectivity index (χ1v) is 8.04. The van der Waals surface area contributed by atoms with Crippen LogP contribution < -0.4 is 5.32 Å². The number of carbonyl (C=O) groups excluding carboxylic acids is 2. The maximum Gasteiger partial charge on any atom is 0.287 e. The van der Waals surface area contributed by atoms with Crippen molar-refractivity contribution in [2.24, 2.45) is 0 Å². The van der Waals surface area contributed by atoms with Crippen molar-refractivity contribution in [2.75, 3.05) is 14.1 Å². The van der Waals surface area contributed by atoms with Crippen molar-refractivity contribution in [2.45, 2.75) is 13.5 Å². The molecule has 0 atom stereocenters. The zero-order valence-electron chi connectivity index (χ0n) is 14.5. The number of furan rings is 1. The van der Waals surface area contributed by atoms with E-state index in [0.29, 0.717) is 23.5 Å². The molecule has 1 heterocycles. The lowest BCUT2D eigenvalue weighted by atomic mass is 10.1. The Bertz CT molecular complexity index is 924. The van der Waals surface area contributed by atoms with E-state index in [0.717, 1.165) is 16.5 Å². The molecule has 0 aliphatic carbocycles. The predicted molar refractivity (Wildman–Crippen MR) is 96.6 cm³/mol. The van der Waals surface area contributed by atoms with Crippen LogP contribution in [-0.2, 0) is 6.54 Å². The quantitative estimate of drug-likeness (QED) is 0.794. The van der Waals surface area contributed by atoms with Gasteiger partial charge in [0.2, 0.25) is 0 Å². The number of nitrogens with zero attached hydrogens (tertiary/aromatic N) is 1. The standard InChI is InChI=1S/C20H20N2O3/c1-13-16-6-4-5-7-17(16)25-18(13)19(23)21-12-14-8-10-15(11-9-14)20(24)22(2)3/h4-11H,12H2,1-3H3,(H,21,23). The third kappa shape index (κ3) is 3.40. The van der Waals surface area contributed by atoms with Gasteiger partial charge in [0.05, 0.1) is 0 Å². The van der Waals surface area contributed by atoms with Crippen molar-refractivity contribution in [3.63, 3.8) is 0 Å². The number of aryl methyl sites for hydroxylation is 1. The third-order valence-corrected chi connectivity index (χ3v) is 4.11. The van der Waals surface area contributed by atoms with Crippen LogP contribution in [0.3, 0.4) is 0 Å². The number of benzene rings is 2. The van der Waals surface area contributed by atoms with Crippen molar-refractivity contribution in [3.05, 3.63) is 71.0 Å². The van der Waals surface area contributed by atoms with Gasteiger partial charge in [0.25, 0.3) is 11.8 Å². The summed E-state index contributed by atoms with van der Waals surface area (Å²) in [5.74, 6) is 0.0382. The van der Waals surface area contributed by atoms with Crippen molar-refractivity contribution in [1.29, 1.82) is 0 Å². The van der Waals surface area contributed by atoms with Crippen LogP contribution in [0, 0.1) is 6.92 Å². The van der Waals surface area contributed by atoms with Gasteiger partial charge in [-0.15, -0.1) is 0 Å². The van der Waals surface area contributed by atoms with Crippen molar-refractivity contribution in [1.82, 2.24) is 10.2 Å². The zero-order valence-corrected chi connectivity index (χ0v) is 14.5. The third-order valence-electron chi connectivity index (χ3n) is 4.11. The van der Waals surface area contributed by atoms with Crippen LogP contribution in [0.4, 0.5) is 0 Å². The Morgan fingerprint density at radius 1 is 1.04 bits per heavy atom. The number of nitrogens with one attached hydrogen (secondary N) is 1. The van der Waals surface area contributed by atoms with E-state index in [1.807, 2.05) is 43.3 Å². The minimum Gasteiger partial charge on any atom is -0.451 e. The lowest BCUT2D eigenvalue weighted by Gasteiger charge is -2.10. The molecule has 0 bridgehead atoms. The van der Waals surface area contributed by atoms with Crippen LogP contribution in [0.1, 0.15) is 32.0 Å². The summed E-state index contributed by atoms with van der Waals surface area (Å²) >= 11 is 0. The van der Waals surface area contributed by atoms with Gasteiger partial charge in [-0.1, -0.05) is 30.3 Å². The number of hydrogen-bond donors (Lipinski definition) is 1. The van der Waals surface area contributed by atoms with Gasteiger partial charge in [-0.2, -0.15) is 0 Å². The molecule has 1 N–H and O–H groups in total. The number of carbonyl (C=O) groups is 2. The summed E-state index contributed by atoms with van der Waals surface area (Å²) in [5.41, 5.74) is 3.07. The first-order chi connectivity index (χ1) is 12.0. The predicted octanol–water partition coefficient (Wildman–Crippen LogP) is 3.37. The van der Waals surface area contributed by atoms with E-state index in [4.69, 9.17) is 4.42 Å². The topological polar surface area (TPSA) is 62.6 Å². The van der Waals surface area contributed by atoms with E-state index in [2.05, 4.69) is 5.32 Å². The Morgan fingerprint density at radius 2 is 1.72 bits per heavy atom. The van der Waals surface area contributed by atoms with Crippen molar-refractivity contribution < 1.29 is 14.0 Å². The van der Waals surface area contributed by atoms with E-state index in [-0.39, 0.29) is 11.8 Å². The Labute approximate surface area is 146 Å². The lowest BCUT2D eigenvalue weighted by Crippen LogP contribution is -2.23. The highest BCUT2D eigenvalue weighted by Crippen LogP contribution is 2.24. The van der Waals surface area contributed by atoms with Crippen LogP contribution in [-0.4, -0.2) is 30.8 Å². The van der Waals surface area contributed by atoms with Crippen LogP contribution in [0.15, 0.2) is 52.9 Å². The number of hydrogen-bond acceptors (Lipinski definition) is 3. The summed E-state index contributed by atoms with van der Waals surface area (Å²) in [6.07, 6.45) is 0. The second-order valence-corrected chi connectivity index (χ2v) is 6.13. The summed E-state index contributed by atoms with van der Waals surface area (Å²) in [5, 5.41) is 3.80. The molecule has 3 aromatic rings. The number of amides is 2. The van der Waals surface area contributed by atoms with Gasteiger partial charge in [-0.05, 0) is 30.7 Å². The molecule has 2 amide bonds. The fourth-order valence-electron chi connectivity index (χ4n) is 2.68. The number of para-hydroxylation sites is 1. The molecule has 5 heteroatoms. The molecule has 2 aromatic carbocycles. The second kappa shape index (κ2) is 6.81. The maximum atomic E-state index is 12.4. The Balaban J connectivity index is 1.69. The summed E-state index contributed by atoms with van der Waals surface area (Å²) < 4.78 is 5.66. The molecule has 0 spiro atoms. The van der Waals surface area contributed by atoms with E-state index in [1.54, 1.807) is 26.2 Å². The molecule has 0 aliphatic heterocycles. The van der Waals surface area contributed by atoms with Crippen molar-refractivity contribution in [3.8, 4) is 0 Å². The fourth-order valence-corrected chi connectivity index (χ4v) is 2.68. The van der Waals surface area contributed by atoms with E-state index in [9.17, 15) is 9.59 Å². The molecule has 0 aliphatic rings. The zero-order chi connectivity index (χ0) is 18.0. The monoisotopic (exact) mass is 336 g/mol. The van der Waals surface area contributed by atoms with Crippen LogP contribution in [0.25, 0.3) is 11.0 Å². The molecule has 3 rings (SSSR count). The van der Waals surface area contributed by atoms with E-state index < -0.39 is 0 Å². The molecule has 1 aromatic heterocycles. The molecule has 5 nitrogen and oxygen atoms in total. The van der Waals surface area contributed by atoms with Gasteiger partial charge in [-0.25, -0.2) is 0 Å². The van der Waals surface area contributed by atoms with Gasteiger partial charge in [0.15, 0.2) is 5.76 Å². The number of rotatable bonds is 4. The lowest BCUT2D eigenvalue weighted by molar-refractivity contribution is 0.0827. The minimum absolute atomic E-state index is 0.0477. The fraction of sp³-hybridized carbons (Fsp3) is 0.200. The van der Waals surface area contributed by atoms with E-state index >= 15 is 0 Å². The normalized spacial score (nSPS) is 10.7. The van der Waals surface area contributed by atoms with Gasteiger partial charge in [0, 0.05) is 37.2 Å². The molecule has 128 valence electrons. The van der Waals surface area contributed by atoms with Gasteiger partial charge in [-0.3, -0.25) is 9.59 Å². The molecule has 0 fully saturated rings. The van der Waals surface area contributed by atoms with Crippen LogP contribution in [0.5, 0.6) is 0 Å². The molecule has 0 radical (unpaired) electrons. The molecule has 0 saturated heterocycles. The average Bonchev–Trinajstić information content (AvgIpc) is 2.96. The maximum absolute atomic E-state index is 12.4. The minimum atomic E-state index is -0.248. The summed E-state index contributed by atoms with van der Waals surface area (Å²) in [6, 6.07) is 14.8. The molecule has 0 unspecified atom stereocenters. The van der Waals surface area contributed by atoms with Crippen molar-refractivity contribution >= 4 is 22.8 Å². The Hall–Kier alpha value is -3.08. The van der Waals surface area contributed by atoms with Gasteiger partial charge < -0.3 is 14.6 Å². The highest BCUT2D eigenvalue weighted by molar-refractivity contribution is 5.98. The van der Waals surface area contributed by atoms with Crippen LogP contribution in [0.2, 0.25) is 0 Å². The molecule has 25 heavy (non-hydrogen) atoms. The Kier molecular flexibility index (Phi) is 4.57. The second-order valence-electron chi connectivity index (χ2n) is 6.13. The summed E-state index contributed by atoms with van der Waals surface area (Å²) in [7, 11) is 3.43. The SMILES string of the molecule is Cc1c(C(=O)NCc2ccc(C(=O)N(C)C)cc2)oc2ccccc12. The van der Waals surface area contributed by atoms with Gasteiger partial charge >= 0.3 is 0 Å². The largest absolute Gasteiger partial charge is 0.451 e.